The van der Waals surface area contributed by atoms with Gasteiger partial charge in [-0.15, -0.1) is 0 Å². The van der Waals surface area contributed by atoms with Crippen LogP contribution in [0.4, 0.5) is 0 Å². The van der Waals surface area contributed by atoms with Gasteiger partial charge in [0.15, 0.2) is 0 Å². The maximum Gasteiger partial charge on any atom is 0.119 e. The van der Waals surface area contributed by atoms with Crippen LogP contribution in [0.1, 0.15) is 30.3 Å². The van der Waals surface area contributed by atoms with E-state index in [1.807, 2.05) is 43.4 Å². The minimum absolute atomic E-state index is 0.0136. The quantitative estimate of drug-likeness (QED) is 0.840. The molecule has 0 amide bonds. The van der Waals surface area contributed by atoms with Crippen molar-refractivity contribution in [2.75, 3.05) is 20.7 Å². The molecule has 3 heteroatoms. The zero-order valence-corrected chi connectivity index (χ0v) is 12.9. The number of hydrogen-bond acceptors (Lipinski definition) is 3. The molecule has 0 saturated carbocycles. The average molecular weight is 285 g/mol. The highest BCUT2D eigenvalue weighted by Gasteiger charge is 2.16. The van der Waals surface area contributed by atoms with Gasteiger partial charge in [0, 0.05) is 6.54 Å². The summed E-state index contributed by atoms with van der Waals surface area (Å²) in [6.07, 6.45) is 0.0241. The van der Waals surface area contributed by atoms with E-state index in [2.05, 4.69) is 30.4 Å². The lowest BCUT2D eigenvalue weighted by Gasteiger charge is -2.23. The molecule has 0 aliphatic carbocycles. The Hall–Kier alpha value is -1.84. The van der Waals surface area contributed by atoms with E-state index in [1.165, 1.54) is 5.56 Å². The molecule has 2 aromatic carbocycles. The van der Waals surface area contributed by atoms with Crippen molar-refractivity contribution < 1.29 is 9.47 Å². The SMILES string of the molecule is CNCC(OC(C)c1ccccc1)c1cccc(OC)c1. The summed E-state index contributed by atoms with van der Waals surface area (Å²) in [6, 6.07) is 18.3. The Labute approximate surface area is 126 Å². The molecule has 0 fully saturated rings. The molecule has 21 heavy (non-hydrogen) atoms. The molecule has 0 aliphatic rings. The molecule has 2 aromatic rings. The van der Waals surface area contributed by atoms with Crippen LogP contribution in [0.5, 0.6) is 5.75 Å². The smallest absolute Gasteiger partial charge is 0.119 e. The number of rotatable bonds is 7. The van der Waals surface area contributed by atoms with Gasteiger partial charge in [0.1, 0.15) is 5.75 Å². The van der Waals surface area contributed by atoms with Gasteiger partial charge in [0.25, 0.3) is 0 Å². The molecule has 0 bridgehead atoms. The van der Waals surface area contributed by atoms with E-state index in [9.17, 15) is 0 Å². The second kappa shape index (κ2) is 7.81. The molecule has 0 saturated heterocycles. The van der Waals surface area contributed by atoms with E-state index in [-0.39, 0.29) is 12.2 Å². The lowest BCUT2D eigenvalue weighted by Crippen LogP contribution is -2.21. The third-order valence-electron chi connectivity index (χ3n) is 3.49. The predicted octanol–water partition coefficient (Wildman–Crippen LogP) is 3.73. The lowest BCUT2D eigenvalue weighted by molar-refractivity contribution is -0.00350. The number of nitrogens with one attached hydrogen (secondary N) is 1. The monoisotopic (exact) mass is 285 g/mol. The summed E-state index contributed by atoms with van der Waals surface area (Å²) in [6.45, 7) is 2.84. The van der Waals surface area contributed by atoms with Crippen molar-refractivity contribution in [2.24, 2.45) is 0 Å². The average Bonchev–Trinajstić information content (AvgIpc) is 2.55. The lowest BCUT2D eigenvalue weighted by atomic mass is 10.1. The molecule has 0 aliphatic heterocycles. The molecule has 112 valence electrons. The van der Waals surface area contributed by atoms with E-state index in [0.717, 1.165) is 17.9 Å². The molecule has 2 unspecified atom stereocenters. The first-order valence-electron chi connectivity index (χ1n) is 7.23. The highest BCUT2D eigenvalue weighted by molar-refractivity contribution is 5.30. The topological polar surface area (TPSA) is 30.5 Å². The Kier molecular flexibility index (Phi) is 5.78. The molecule has 2 atom stereocenters. The van der Waals surface area contributed by atoms with E-state index in [0.29, 0.717) is 0 Å². The highest BCUT2D eigenvalue weighted by atomic mass is 16.5. The first-order valence-corrected chi connectivity index (χ1v) is 7.23. The van der Waals surface area contributed by atoms with Crippen LogP contribution in [0.25, 0.3) is 0 Å². The van der Waals surface area contributed by atoms with Gasteiger partial charge in [-0.2, -0.15) is 0 Å². The number of benzene rings is 2. The number of ether oxygens (including phenoxy) is 2. The standard InChI is InChI=1S/C18H23NO2/c1-14(15-8-5-4-6-9-15)21-18(13-19-2)16-10-7-11-17(12-16)20-3/h4-12,14,18-19H,13H2,1-3H3. The zero-order valence-electron chi connectivity index (χ0n) is 12.9. The number of likely N-dealkylation sites (N-methyl/N-ethyl adjacent to an activating group) is 1. The van der Waals surface area contributed by atoms with Crippen LogP contribution in [0, 0.1) is 0 Å². The molecular weight excluding hydrogens is 262 g/mol. The van der Waals surface area contributed by atoms with Crippen LogP contribution in [0.2, 0.25) is 0 Å². The fourth-order valence-corrected chi connectivity index (χ4v) is 2.32. The van der Waals surface area contributed by atoms with Gasteiger partial charge in [-0.05, 0) is 37.2 Å². The van der Waals surface area contributed by atoms with Crippen molar-refractivity contribution in [3.05, 3.63) is 65.7 Å². The number of hydrogen-bond donors (Lipinski definition) is 1. The van der Waals surface area contributed by atoms with Crippen molar-refractivity contribution in [1.29, 1.82) is 0 Å². The van der Waals surface area contributed by atoms with E-state index >= 15 is 0 Å². The number of methoxy groups -OCH3 is 1. The predicted molar refractivity (Wildman–Crippen MR) is 85.6 cm³/mol. The van der Waals surface area contributed by atoms with Crippen LogP contribution in [-0.2, 0) is 4.74 Å². The van der Waals surface area contributed by atoms with E-state index < -0.39 is 0 Å². The third-order valence-corrected chi connectivity index (χ3v) is 3.49. The largest absolute Gasteiger partial charge is 0.497 e. The van der Waals surface area contributed by atoms with Crippen LogP contribution < -0.4 is 10.1 Å². The fraction of sp³-hybridized carbons (Fsp3) is 0.333. The van der Waals surface area contributed by atoms with Crippen molar-refractivity contribution in [1.82, 2.24) is 5.32 Å². The summed E-state index contributed by atoms with van der Waals surface area (Å²) in [5.74, 6) is 0.851. The summed E-state index contributed by atoms with van der Waals surface area (Å²) >= 11 is 0. The molecule has 0 heterocycles. The maximum absolute atomic E-state index is 6.24. The minimum Gasteiger partial charge on any atom is -0.497 e. The summed E-state index contributed by atoms with van der Waals surface area (Å²) in [5.41, 5.74) is 2.30. The van der Waals surface area contributed by atoms with Gasteiger partial charge < -0.3 is 14.8 Å². The van der Waals surface area contributed by atoms with E-state index in [4.69, 9.17) is 9.47 Å². The van der Waals surface area contributed by atoms with Gasteiger partial charge in [-0.25, -0.2) is 0 Å². The maximum atomic E-state index is 6.24. The fourth-order valence-electron chi connectivity index (χ4n) is 2.32. The summed E-state index contributed by atoms with van der Waals surface area (Å²) < 4.78 is 11.5. The van der Waals surface area contributed by atoms with Gasteiger partial charge in [-0.1, -0.05) is 42.5 Å². The molecular formula is C18H23NO2. The van der Waals surface area contributed by atoms with Crippen LogP contribution in [-0.4, -0.2) is 20.7 Å². The normalized spacial score (nSPS) is 13.7. The van der Waals surface area contributed by atoms with E-state index in [1.54, 1.807) is 7.11 Å². The second-order valence-electron chi connectivity index (χ2n) is 5.01. The van der Waals surface area contributed by atoms with Crippen molar-refractivity contribution in [3.63, 3.8) is 0 Å². The van der Waals surface area contributed by atoms with Crippen LogP contribution in [0.15, 0.2) is 54.6 Å². The molecule has 2 rings (SSSR count). The van der Waals surface area contributed by atoms with Crippen molar-refractivity contribution in [3.8, 4) is 5.75 Å². The Bertz CT molecular complexity index is 542. The van der Waals surface area contributed by atoms with Gasteiger partial charge in [-0.3, -0.25) is 0 Å². The zero-order chi connectivity index (χ0) is 15.1. The van der Waals surface area contributed by atoms with Gasteiger partial charge >= 0.3 is 0 Å². The molecule has 0 aromatic heterocycles. The van der Waals surface area contributed by atoms with Gasteiger partial charge in [0.05, 0.1) is 19.3 Å². The minimum atomic E-state index is -0.0136. The molecule has 1 N–H and O–H groups in total. The third kappa shape index (κ3) is 4.31. The first kappa shape index (κ1) is 15.5. The van der Waals surface area contributed by atoms with Gasteiger partial charge in [0.2, 0.25) is 0 Å². The second-order valence-corrected chi connectivity index (χ2v) is 5.01. The molecule has 0 spiro atoms. The van der Waals surface area contributed by atoms with Crippen LogP contribution >= 0.6 is 0 Å². The summed E-state index contributed by atoms with van der Waals surface area (Å²) in [7, 11) is 3.61. The van der Waals surface area contributed by atoms with Crippen molar-refractivity contribution in [2.45, 2.75) is 19.1 Å². The summed E-state index contributed by atoms with van der Waals surface area (Å²) in [4.78, 5) is 0. The Morgan fingerprint density at radius 2 is 1.71 bits per heavy atom. The summed E-state index contributed by atoms with van der Waals surface area (Å²) in [5, 5.41) is 3.19. The highest BCUT2D eigenvalue weighted by Crippen LogP contribution is 2.28. The molecule has 3 nitrogen and oxygen atoms in total. The van der Waals surface area contributed by atoms with Crippen LogP contribution in [0.3, 0.4) is 0 Å². The van der Waals surface area contributed by atoms with Crippen molar-refractivity contribution >= 4 is 0 Å². The Morgan fingerprint density at radius 3 is 2.38 bits per heavy atom. The molecule has 0 radical (unpaired) electrons. The Balaban J connectivity index is 2.15. The first-order chi connectivity index (χ1) is 10.2. The Morgan fingerprint density at radius 1 is 1.00 bits per heavy atom.